The number of hydrogen-bond acceptors (Lipinski definition) is 12. The van der Waals surface area contributed by atoms with Crippen LogP contribution >= 0.6 is 7.82 Å². The van der Waals surface area contributed by atoms with Crippen molar-refractivity contribution < 1.29 is 63.1 Å². The van der Waals surface area contributed by atoms with Crippen molar-refractivity contribution >= 4 is 19.8 Å². The van der Waals surface area contributed by atoms with E-state index in [9.17, 15) is 44.6 Å². The fraction of sp³-hybridized carbons (Fsp3) is 0.696. The number of carbonyl (C=O) groups is 2. The Labute approximate surface area is 359 Å². The number of esters is 2. The number of unbranched alkanes of at least 4 members (excludes halogenated alkanes) is 14. The summed E-state index contributed by atoms with van der Waals surface area (Å²) >= 11 is 0. The number of phosphoric ester groups is 1. The Morgan fingerprint density at radius 2 is 1.00 bits per heavy atom. The first-order chi connectivity index (χ1) is 28.9. The molecule has 1 fully saturated rings. The van der Waals surface area contributed by atoms with Crippen molar-refractivity contribution in [2.75, 3.05) is 13.2 Å². The molecule has 0 aromatic rings. The van der Waals surface area contributed by atoms with Gasteiger partial charge in [0.1, 0.15) is 43.2 Å². The number of rotatable bonds is 35. The SMILES string of the molecule is CCCCC/C=C/C=C/C=C/C=C/CCCCCCCC(=O)OCC(COP(=O)(O)OC1C(O)C(O)C(O)[C@H](O)C1O)OC(=O)CC/C=C/C/C=C/CCCCCCCC. The molecule has 0 saturated heterocycles. The van der Waals surface area contributed by atoms with E-state index in [2.05, 4.69) is 44.2 Å². The maximum absolute atomic E-state index is 12.8. The van der Waals surface area contributed by atoms with Crippen LogP contribution in [0.3, 0.4) is 0 Å². The summed E-state index contributed by atoms with van der Waals surface area (Å²) < 4.78 is 33.4. The maximum atomic E-state index is 12.8. The first kappa shape index (κ1) is 55.3. The van der Waals surface area contributed by atoms with Gasteiger partial charge in [-0.05, 0) is 57.8 Å². The Bertz CT molecular complexity index is 1330. The minimum Gasteiger partial charge on any atom is -0.462 e. The summed E-state index contributed by atoms with van der Waals surface area (Å²) in [6.07, 6.45) is 31.1. The van der Waals surface area contributed by atoms with Crippen LogP contribution in [0.15, 0.2) is 72.9 Å². The van der Waals surface area contributed by atoms with E-state index in [0.717, 1.165) is 51.4 Å². The number of ether oxygens (including phenoxy) is 2. The smallest absolute Gasteiger partial charge is 0.462 e. The molecule has 14 heteroatoms. The molecule has 13 nitrogen and oxygen atoms in total. The lowest BCUT2D eigenvalue weighted by molar-refractivity contribution is -0.220. The highest BCUT2D eigenvalue weighted by Gasteiger charge is 2.51. The van der Waals surface area contributed by atoms with E-state index < -0.39 is 75.7 Å². The number of aliphatic hydroxyl groups is 5. The van der Waals surface area contributed by atoms with Crippen LogP contribution in [-0.4, -0.2) is 98.3 Å². The second-order valence-corrected chi connectivity index (χ2v) is 16.7. The highest BCUT2D eigenvalue weighted by Crippen LogP contribution is 2.47. The van der Waals surface area contributed by atoms with E-state index in [4.69, 9.17) is 18.5 Å². The minimum atomic E-state index is -5.14. The molecule has 0 spiro atoms. The van der Waals surface area contributed by atoms with Crippen molar-refractivity contribution in [3.8, 4) is 0 Å². The third kappa shape index (κ3) is 28.0. The Morgan fingerprint density at radius 1 is 0.533 bits per heavy atom. The average Bonchev–Trinajstić information content (AvgIpc) is 3.23. The summed E-state index contributed by atoms with van der Waals surface area (Å²) in [4.78, 5) is 35.6. The van der Waals surface area contributed by atoms with Crippen molar-refractivity contribution in [3.05, 3.63) is 72.9 Å². The van der Waals surface area contributed by atoms with Gasteiger partial charge in [-0.25, -0.2) is 4.57 Å². The molecule has 60 heavy (non-hydrogen) atoms. The zero-order chi connectivity index (χ0) is 44.3. The van der Waals surface area contributed by atoms with Crippen LogP contribution in [0.25, 0.3) is 0 Å². The Kier molecular flexibility index (Phi) is 33.0. The Balaban J connectivity index is 2.53. The summed E-state index contributed by atoms with van der Waals surface area (Å²) in [5.74, 6) is -1.21. The summed E-state index contributed by atoms with van der Waals surface area (Å²) in [5.41, 5.74) is 0. The van der Waals surface area contributed by atoms with Gasteiger partial charge in [0.15, 0.2) is 6.10 Å². The van der Waals surface area contributed by atoms with Gasteiger partial charge < -0.3 is 39.9 Å². The van der Waals surface area contributed by atoms with Crippen LogP contribution in [-0.2, 0) is 32.7 Å². The molecule has 1 rings (SSSR count). The number of allylic oxidation sites excluding steroid dienone is 12. The molecule has 344 valence electrons. The maximum Gasteiger partial charge on any atom is 0.472 e. The van der Waals surface area contributed by atoms with Crippen molar-refractivity contribution in [2.24, 2.45) is 0 Å². The van der Waals surface area contributed by atoms with Crippen molar-refractivity contribution in [2.45, 2.75) is 191 Å². The van der Waals surface area contributed by atoms with E-state index in [1.807, 2.05) is 42.5 Å². The number of hydrogen-bond donors (Lipinski definition) is 6. The van der Waals surface area contributed by atoms with Gasteiger partial charge in [-0.3, -0.25) is 18.6 Å². The van der Waals surface area contributed by atoms with Crippen LogP contribution < -0.4 is 0 Å². The highest BCUT2D eigenvalue weighted by molar-refractivity contribution is 7.47. The molecule has 0 heterocycles. The molecule has 0 radical (unpaired) electrons. The zero-order valence-corrected chi connectivity index (χ0v) is 37.1. The minimum absolute atomic E-state index is 0.0186. The van der Waals surface area contributed by atoms with Gasteiger partial charge in [0.25, 0.3) is 0 Å². The van der Waals surface area contributed by atoms with Gasteiger partial charge in [0, 0.05) is 12.8 Å². The van der Waals surface area contributed by atoms with Crippen LogP contribution in [0.4, 0.5) is 0 Å². The summed E-state index contributed by atoms with van der Waals surface area (Å²) in [6, 6.07) is 0. The molecule has 0 bridgehead atoms. The van der Waals surface area contributed by atoms with E-state index in [-0.39, 0.29) is 12.8 Å². The monoisotopic (exact) mass is 869 g/mol. The van der Waals surface area contributed by atoms with Gasteiger partial charge in [0.05, 0.1) is 6.61 Å². The lowest BCUT2D eigenvalue weighted by atomic mass is 9.85. The molecule has 1 saturated carbocycles. The normalized spacial score (nSPS) is 22.9. The second kappa shape index (κ2) is 35.8. The van der Waals surface area contributed by atoms with Gasteiger partial charge in [-0.1, -0.05) is 151 Å². The predicted molar refractivity (Wildman–Crippen MR) is 235 cm³/mol. The molecule has 1 aliphatic carbocycles. The first-order valence-electron chi connectivity index (χ1n) is 22.3. The van der Waals surface area contributed by atoms with Gasteiger partial charge in [-0.15, -0.1) is 0 Å². The molecule has 0 aromatic heterocycles. The molecule has 1 aliphatic rings. The molecule has 0 aliphatic heterocycles. The number of aliphatic hydroxyl groups excluding tert-OH is 5. The molecule has 8 atom stereocenters. The second-order valence-electron chi connectivity index (χ2n) is 15.3. The molecule has 6 N–H and O–H groups in total. The van der Waals surface area contributed by atoms with E-state index >= 15 is 0 Å². The quantitative estimate of drug-likeness (QED) is 0.0117. The summed E-state index contributed by atoms with van der Waals surface area (Å²) in [7, 11) is -5.14. The highest BCUT2D eigenvalue weighted by atomic mass is 31.2. The Morgan fingerprint density at radius 3 is 1.60 bits per heavy atom. The third-order valence-electron chi connectivity index (χ3n) is 9.88. The first-order valence-corrected chi connectivity index (χ1v) is 23.8. The number of carbonyl (C=O) groups excluding carboxylic acids is 2. The van der Waals surface area contributed by atoms with Crippen LogP contribution in [0, 0.1) is 0 Å². The van der Waals surface area contributed by atoms with Gasteiger partial charge in [-0.2, -0.15) is 0 Å². The summed E-state index contributed by atoms with van der Waals surface area (Å²) in [6.45, 7) is 3.16. The summed E-state index contributed by atoms with van der Waals surface area (Å²) in [5, 5.41) is 50.1. The Hall–Kier alpha value is -2.71. The van der Waals surface area contributed by atoms with Crippen LogP contribution in [0.2, 0.25) is 0 Å². The molecule has 0 aromatic carbocycles. The van der Waals surface area contributed by atoms with E-state index in [1.54, 1.807) is 0 Å². The van der Waals surface area contributed by atoms with E-state index in [1.165, 1.54) is 57.8 Å². The molecular formula is C46H77O13P. The standard InChI is InChI=1S/C46H77O13P/c1-3-5-7-9-11-13-15-17-18-19-20-21-23-24-26-28-30-32-34-39(47)56-36-38(37-57-60(54,55)59-46-44(52)42(50)41(49)43(51)45(46)53)58-40(48)35-33-31-29-27-25-22-16-14-12-10-8-6-4-2/h11,13,15,17-22,25,29,31,38,41-46,49-53H,3-10,12,14,16,23-24,26-28,30,32-37H2,1-2H3,(H,54,55)/b13-11+,17-15+,19-18+,21-20+,25-22+,31-29+/t38?,41?,42-,43?,44?,45?,46?/m0/s1. The lowest BCUT2D eigenvalue weighted by Crippen LogP contribution is -2.64. The van der Waals surface area contributed by atoms with Crippen molar-refractivity contribution in [1.82, 2.24) is 0 Å². The number of phosphoric acid groups is 1. The fourth-order valence-electron chi connectivity index (χ4n) is 6.23. The third-order valence-corrected chi connectivity index (χ3v) is 10.9. The van der Waals surface area contributed by atoms with Gasteiger partial charge >= 0.3 is 19.8 Å². The molecule has 0 amide bonds. The van der Waals surface area contributed by atoms with Gasteiger partial charge in [0.2, 0.25) is 0 Å². The van der Waals surface area contributed by atoms with Crippen LogP contribution in [0.5, 0.6) is 0 Å². The van der Waals surface area contributed by atoms with Crippen molar-refractivity contribution in [1.29, 1.82) is 0 Å². The average molecular weight is 869 g/mol. The van der Waals surface area contributed by atoms with Crippen LogP contribution in [0.1, 0.15) is 149 Å². The predicted octanol–water partition coefficient (Wildman–Crippen LogP) is 8.33. The topological polar surface area (TPSA) is 210 Å². The molecular weight excluding hydrogens is 791 g/mol. The van der Waals surface area contributed by atoms with Crippen molar-refractivity contribution in [3.63, 3.8) is 0 Å². The largest absolute Gasteiger partial charge is 0.472 e. The zero-order valence-electron chi connectivity index (χ0n) is 36.2. The lowest BCUT2D eigenvalue weighted by Gasteiger charge is -2.41. The van der Waals surface area contributed by atoms with E-state index in [0.29, 0.717) is 12.8 Å². The fourth-order valence-corrected chi connectivity index (χ4v) is 7.21. The molecule has 7 unspecified atom stereocenters.